The number of carbonyl (C=O) groups excluding carboxylic acids is 1. The molecule has 0 spiro atoms. The van der Waals surface area contributed by atoms with Gasteiger partial charge in [0.2, 0.25) is 0 Å². The Hall–Kier alpha value is -1.90. The molecule has 1 N–H and O–H groups in total. The lowest BCUT2D eigenvalue weighted by molar-refractivity contribution is 0.103. The Morgan fingerprint density at radius 2 is 2.21 bits per heavy atom. The molecule has 1 aromatic carbocycles. The smallest absolute Gasteiger partial charge is 0.256 e. The number of nitrogens with zero attached hydrogens (tertiary/aromatic N) is 1. The Bertz CT molecular complexity index is 560. The second-order valence-electron chi connectivity index (χ2n) is 3.44. The largest absolute Gasteiger partial charge is 0.320 e. The van der Waals surface area contributed by atoms with Crippen molar-refractivity contribution in [2.24, 2.45) is 0 Å². The summed E-state index contributed by atoms with van der Waals surface area (Å²) in [6, 6.07) is 5.72. The molecule has 0 saturated heterocycles. The number of hydrogen-bond donors (Lipinski definition) is 1. The number of hydrogen-bond acceptors (Lipinski definition) is 2. The zero-order valence-electron chi connectivity index (χ0n) is 7.66. The molecule has 3 rings (SSSR count). The van der Waals surface area contributed by atoms with Crippen molar-refractivity contribution < 1.29 is 4.79 Å². The highest BCUT2D eigenvalue weighted by molar-refractivity contribution is 6.23. The van der Waals surface area contributed by atoms with Crippen molar-refractivity contribution in [3.63, 3.8) is 0 Å². The normalized spacial score (nSPS) is 13.4. The van der Waals surface area contributed by atoms with Gasteiger partial charge >= 0.3 is 0 Å². The first-order valence-corrected chi connectivity index (χ1v) is 4.47. The van der Waals surface area contributed by atoms with E-state index in [1.54, 1.807) is 6.20 Å². The maximum atomic E-state index is 11.5. The first-order chi connectivity index (χ1) is 6.77. The SMILES string of the molecule is Cc1ncc2c3c(cccc13)C(=O)N2. The molecule has 1 aliphatic heterocycles. The molecule has 1 aromatic heterocycles. The molecule has 0 saturated carbocycles. The second kappa shape index (κ2) is 2.32. The molecule has 0 radical (unpaired) electrons. The van der Waals surface area contributed by atoms with E-state index in [0.29, 0.717) is 0 Å². The van der Waals surface area contributed by atoms with Gasteiger partial charge in [-0.2, -0.15) is 0 Å². The monoisotopic (exact) mass is 184 g/mol. The predicted octanol–water partition coefficient (Wildman–Crippen LogP) is 2.11. The van der Waals surface area contributed by atoms with Crippen molar-refractivity contribution >= 4 is 22.4 Å². The fraction of sp³-hybridized carbons (Fsp3) is 0.0909. The van der Waals surface area contributed by atoms with Crippen molar-refractivity contribution in [1.82, 2.24) is 4.98 Å². The zero-order valence-corrected chi connectivity index (χ0v) is 7.66. The number of benzene rings is 1. The van der Waals surface area contributed by atoms with Crippen molar-refractivity contribution in [2.75, 3.05) is 5.32 Å². The third kappa shape index (κ3) is 0.763. The Morgan fingerprint density at radius 3 is 3.07 bits per heavy atom. The van der Waals surface area contributed by atoms with Gasteiger partial charge in [-0.1, -0.05) is 12.1 Å². The molecule has 1 aliphatic rings. The highest BCUT2D eigenvalue weighted by Crippen LogP contribution is 2.33. The van der Waals surface area contributed by atoms with Crippen LogP contribution >= 0.6 is 0 Å². The van der Waals surface area contributed by atoms with Crippen LogP contribution in [0.4, 0.5) is 5.69 Å². The third-order valence-electron chi connectivity index (χ3n) is 2.60. The van der Waals surface area contributed by atoms with Gasteiger partial charge in [-0.25, -0.2) is 0 Å². The molecule has 0 aliphatic carbocycles. The summed E-state index contributed by atoms with van der Waals surface area (Å²) < 4.78 is 0. The molecular weight excluding hydrogens is 176 g/mol. The fourth-order valence-electron chi connectivity index (χ4n) is 1.91. The van der Waals surface area contributed by atoms with Crippen molar-refractivity contribution in [3.8, 4) is 0 Å². The van der Waals surface area contributed by atoms with Crippen molar-refractivity contribution in [2.45, 2.75) is 6.92 Å². The summed E-state index contributed by atoms with van der Waals surface area (Å²) in [6.45, 7) is 1.95. The molecule has 3 nitrogen and oxygen atoms in total. The van der Waals surface area contributed by atoms with Gasteiger partial charge in [0.25, 0.3) is 5.91 Å². The molecule has 68 valence electrons. The average Bonchev–Trinajstić information content (AvgIpc) is 2.52. The van der Waals surface area contributed by atoms with E-state index in [9.17, 15) is 4.79 Å². The van der Waals surface area contributed by atoms with E-state index in [4.69, 9.17) is 0 Å². The van der Waals surface area contributed by atoms with E-state index < -0.39 is 0 Å². The molecule has 1 amide bonds. The number of carbonyl (C=O) groups is 1. The summed E-state index contributed by atoms with van der Waals surface area (Å²) in [6.07, 6.45) is 1.71. The Morgan fingerprint density at radius 1 is 1.36 bits per heavy atom. The van der Waals surface area contributed by atoms with Crippen LogP contribution in [0.5, 0.6) is 0 Å². The summed E-state index contributed by atoms with van der Waals surface area (Å²) >= 11 is 0. The molecule has 0 unspecified atom stereocenters. The molecule has 3 heteroatoms. The van der Waals surface area contributed by atoms with Gasteiger partial charge in [-0.05, 0) is 13.0 Å². The Balaban J connectivity index is 2.58. The predicted molar refractivity (Wildman–Crippen MR) is 54.4 cm³/mol. The van der Waals surface area contributed by atoms with Crippen LogP contribution < -0.4 is 5.32 Å². The molecule has 0 atom stereocenters. The lowest BCUT2D eigenvalue weighted by Crippen LogP contribution is -2.03. The first kappa shape index (κ1) is 7.50. The quantitative estimate of drug-likeness (QED) is 0.681. The number of aryl methyl sites for hydroxylation is 1. The molecule has 14 heavy (non-hydrogen) atoms. The van der Waals surface area contributed by atoms with Crippen molar-refractivity contribution in [1.29, 1.82) is 0 Å². The topological polar surface area (TPSA) is 42.0 Å². The van der Waals surface area contributed by atoms with Crippen LogP contribution in [0.3, 0.4) is 0 Å². The average molecular weight is 184 g/mol. The van der Waals surface area contributed by atoms with Crippen LogP contribution in [0.1, 0.15) is 16.1 Å². The number of nitrogens with one attached hydrogen (secondary N) is 1. The molecule has 2 heterocycles. The fourth-order valence-corrected chi connectivity index (χ4v) is 1.91. The summed E-state index contributed by atoms with van der Waals surface area (Å²) in [5.41, 5.74) is 2.54. The zero-order chi connectivity index (χ0) is 9.71. The van der Waals surface area contributed by atoms with E-state index in [1.807, 2.05) is 25.1 Å². The maximum Gasteiger partial charge on any atom is 0.256 e. The highest BCUT2D eigenvalue weighted by atomic mass is 16.1. The molecule has 0 bridgehead atoms. The molecular formula is C11H8N2O. The minimum absolute atomic E-state index is 0.0296. The van der Waals surface area contributed by atoms with E-state index >= 15 is 0 Å². The lowest BCUT2D eigenvalue weighted by atomic mass is 10.1. The summed E-state index contributed by atoms with van der Waals surface area (Å²) in [4.78, 5) is 15.7. The standard InChI is InChI=1S/C11H8N2O/c1-6-7-3-2-4-8-10(7)9(5-12-6)13-11(8)14/h2-5H,1H3,(H,13,14). The highest BCUT2D eigenvalue weighted by Gasteiger charge is 2.21. The van der Waals surface area contributed by atoms with Gasteiger partial charge in [-0.3, -0.25) is 9.78 Å². The maximum absolute atomic E-state index is 11.5. The van der Waals surface area contributed by atoms with Gasteiger partial charge in [0.15, 0.2) is 0 Å². The van der Waals surface area contributed by atoms with E-state index in [1.165, 1.54) is 0 Å². The van der Waals surface area contributed by atoms with Gasteiger partial charge in [-0.15, -0.1) is 0 Å². The van der Waals surface area contributed by atoms with Gasteiger partial charge in [0, 0.05) is 22.0 Å². The summed E-state index contributed by atoms with van der Waals surface area (Å²) in [7, 11) is 0. The van der Waals surface area contributed by atoms with Crippen LogP contribution in [0, 0.1) is 6.92 Å². The Labute approximate surface area is 80.8 Å². The second-order valence-corrected chi connectivity index (χ2v) is 3.44. The minimum Gasteiger partial charge on any atom is -0.320 e. The summed E-state index contributed by atoms with van der Waals surface area (Å²) in [5.74, 6) is -0.0296. The van der Waals surface area contributed by atoms with Gasteiger partial charge in [0.05, 0.1) is 11.9 Å². The van der Waals surface area contributed by atoms with E-state index in [-0.39, 0.29) is 5.91 Å². The van der Waals surface area contributed by atoms with Crippen molar-refractivity contribution in [3.05, 3.63) is 35.7 Å². The first-order valence-electron chi connectivity index (χ1n) is 4.47. The number of anilines is 1. The van der Waals surface area contributed by atoms with Crippen LogP contribution in [0.15, 0.2) is 24.4 Å². The molecule has 0 fully saturated rings. The lowest BCUT2D eigenvalue weighted by Gasteiger charge is -2.01. The number of aromatic nitrogens is 1. The van der Waals surface area contributed by atoms with E-state index in [2.05, 4.69) is 10.3 Å². The summed E-state index contributed by atoms with van der Waals surface area (Å²) in [5, 5.41) is 4.86. The van der Waals surface area contributed by atoms with Crippen LogP contribution in [0.25, 0.3) is 10.8 Å². The third-order valence-corrected chi connectivity index (χ3v) is 2.60. The van der Waals surface area contributed by atoms with Crippen LogP contribution in [-0.2, 0) is 0 Å². The molecule has 2 aromatic rings. The Kier molecular flexibility index (Phi) is 1.24. The van der Waals surface area contributed by atoms with E-state index in [0.717, 1.165) is 27.7 Å². The minimum atomic E-state index is -0.0296. The van der Waals surface area contributed by atoms with Crippen LogP contribution in [-0.4, -0.2) is 10.9 Å². The van der Waals surface area contributed by atoms with Crippen LogP contribution in [0.2, 0.25) is 0 Å². The number of amides is 1. The number of pyridine rings is 1. The number of rotatable bonds is 0. The van der Waals surface area contributed by atoms with Gasteiger partial charge < -0.3 is 5.32 Å². The van der Waals surface area contributed by atoms with Gasteiger partial charge in [0.1, 0.15) is 0 Å².